The van der Waals surface area contributed by atoms with Gasteiger partial charge in [0.1, 0.15) is 13.2 Å². The predicted octanol–water partition coefficient (Wildman–Crippen LogP) is 3.18. The number of ether oxygens (including phenoxy) is 2. The Kier molecular flexibility index (Phi) is 5.75. The van der Waals surface area contributed by atoms with Crippen molar-refractivity contribution in [3.05, 3.63) is 48.0 Å². The normalized spacial score (nSPS) is 20.6. The number of nitrogens with zero attached hydrogens (tertiary/aromatic N) is 3. The highest BCUT2D eigenvalue weighted by Crippen LogP contribution is 2.36. The number of rotatable bonds is 3. The van der Waals surface area contributed by atoms with Crippen LogP contribution in [0.5, 0.6) is 11.5 Å². The summed E-state index contributed by atoms with van der Waals surface area (Å²) in [5, 5.41) is 0. The molecule has 7 nitrogen and oxygen atoms in total. The lowest BCUT2D eigenvalue weighted by Gasteiger charge is -2.37. The van der Waals surface area contributed by atoms with Crippen molar-refractivity contribution < 1.29 is 32.2 Å². The first-order valence-corrected chi connectivity index (χ1v) is 11.2. The van der Waals surface area contributed by atoms with Gasteiger partial charge in [0.25, 0.3) is 0 Å². The quantitative estimate of drug-likeness (QED) is 0.683. The van der Waals surface area contributed by atoms with Crippen molar-refractivity contribution in [2.45, 2.75) is 12.6 Å². The summed E-state index contributed by atoms with van der Waals surface area (Å²) < 4.78 is 50.2. The van der Waals surface area contributed by atoms with E-state index in [0.29, 0.717) is 62.3 Å². The van der Waals surface area contributed by atoms with Gasteiger partial charge in [-0.15, -0.1) is 0 Å². The Labute approximate surface area is 194 Å². The molecule has 0 aromatic heterocycles. The largest absolute Gasteiger partial charge is 0.486 e. The lowest BCUT2D eigenvalue weighted by atomic mass is 10.1. The van der Waals surface area contributed by atoms with E-state index in [1.807, 2.05) is 4.90 Å². The van der Waals surface area contributed by atoms with Gasteiger partial charge in [0.05, 0.1) is 11.5 Å². The monoisotopic (exact) mass is 475 g/mol. The summed E-state index contributed by atoms with van der Waals surface area (Å²) >= 11 is 0. The van der Waals surface area contributed by atoms with Gasteiger partial charge in [0, 0.05) is 56.6 Å². The Morgan fingerprint density at radius 1 is 0.912 bits per heavy atom. The summed E-state index contributed by atoms with van der Waals surface area (Å²) in [5.41, 5.74) is 0.467. The number of carbonyl (C=O) groups is 2. The van der Waals surface area contributed by atoms with Crippen LogP contribution in [0.4, 0.5) is 24.5 Å². The molecule has 0 radical (unpaired) electrons. The fourth-order valence-corrected chi connectivity index (χ4v) is 4.64. The molecular formula is C24H24F3N3O4. The third kappa shape index (κ3) is 4.36. The number of halogens is 3. The molecule has 0 spiro atoms. The van der Waals surface area contributed by atoms with Crippen LogP contribution >= 0.6 is 0 Å². The zero-order valence-electron chi connectivity index (χ0n) is 18.4. The van der Waals surface area contributed by atoms with Crippen molar-refractivity contribution in [3.8, 4) is 11.5 Å². The maximum Gasteiger partial charge on any atom is 0.416 e. The molecule has 2 saturated heterocycles. The van der Waals surface area contributed by atoms with Crippen molar-refractivity contribution in [3.63, 3.8) is 0 Å². The molecule has 34 heavy (non-hydrogen) atoms. The van der Waals surface area contributed by atoms with Crippen molar-refractivity contribution in [1.29, 1.82) is 0 Å². The number of benzene rings is 2. The third-order valence-electron chi connectivity index (χ3n) is 6.44. The summed E-state index contributed by atoms with van der Waals surface area (Å²) in [6.07, 6.45) is -4.27. The topological polar surface area (TPSA) is 62.3 Å². The van der Waals surface area contributed by atoms with Crippen LogP contribution in [0.1, 0.15) is 12.0 Å². The van der Waals surface area contributed by atoms with Crippen molar-refractivity contribution in [2.24, 2.45) is 5.92 Å². The molecule has 3 heterocycles. The van der Waals surface area contributed by atoms with E-state index >= 15 is 0 Å². The smallest absolute Gasteiger partial charge is 0.416 e. The number of hydrogen-bond acceptors (Lipinski definition) is 5. The van der Waals surface area contributed by atoms with Crippen LogP contribution in [-0.2, 0) is 15.8 Å². The summed E-state index contributed by atoms with van der Waals surface area (Å²) in [7, 11) is 0. The van der Waals surface area contributed by atoms with Gasteiger partial charge in [-0.3, -0.25) is 9.59 Å². The van der Waals surface area contributed by atoms with E-state index in [0.717, 1.165) is 12.1 Å². The highest BCUT2D eigenvalue weighted by Gasteiger charge is 2.38. The maximum atomic E-state index is 13.1. The molecule has 2 fully saturated rings. The van der Waals surface area contributed by atoms with Gasteiger partial charge in [-0.1, -0.05) is 6.07 Å². The molecule has 3 aliphatic rings. The number of anilines is 2. The van der Waals surface area contributed by atoms with Crippen LogP contribution in [0.25, 0.3) is 0 Å². The van der Waals surface area contributed by atoms with Gasteiger partial charge in [0.15, 0.2) is 11.5 Å². The fraction of sp³-hybridized carbons (Fsp3) is 0.417. The van der Waals surface area contributed by atoms with Gasteiger partial charge < -0.3 is 24.2 Å². The van der Waals surface area contributed by atoms with Gasteiger partial charge in [-0.05, 0) is 30.3 Å². The molecule has 0 N–H and O–H groups in total. The lowest BCUT2D eigenvalue weighted by molar-refractivity contribution is -0.137. The van der Waals surface area contributed by atoms with Crippen LogP contribution < -0.4 is 19.3 Å². The summed E-state index contributed by atoms with van der Waals surface area (Å²) in [6.45, 7) is 2.85. The van der Waals surface area contributed by atoms with E-state index in [2.05, 4.69) is 0 Å². The van der Waals surface area contributed by atoms with Crippen LogP contribution in [0.3, 0.4) is 0 Å². The Balaban J connectivity index is 1.21. The number of carbonyl (C=O) groups excluding carboxylic acids is 2. The fourth-order valence-electron chi connectivity index (χ4n) is 4.64. The number of hydrogen-bond donors (Lipinski definition) is 0. The van der Waals surface area contributed by atoms with E-state index < -0.39 is 17.7 Å². The molecule has 1 atom stereocenters. The van der Waals surface area contributed by atoms with Crippen LogP contribution in [-0.4, -0.2) is 62.7 Å². The molecule has 2 aromatic rings. The Morgan fingerprint density at radius 2 is 1.65 bits per heavy atom. The molecular weight excluding hydrogens is 451 g/mol. The van der Waals surface area contributed by atoms with Crippen molar-refractivity contribution in [1.82, 2.24) is 4.90 Å². The minimum Gasteiger partial charge on any atom is -0.486 e. The second kappa shape index (κ2) is 8.73. The lowest BCUT2D eigenvalue weighted by Crippen LogP contribution is -2.50. The minimum atomic E-state index is -4.40. The number of piperazine rings is 1. The van der Waals surface area contributed by atoms with Crippen molar-refractivity contribution in [2.75, 3.05) is 55.7 Å². The molecule has 0 bridgehead atoms. The SMILES string of the molecule is O=C([C@H]1CC(=O)N(c2ccc3c(c2)OCCO3)C1)N1CCN(c2cccc(C(F)(F)F)c2)CC1. The van der Waals surface area contributed by atoms with Gasteiger partial charge in [-0.2, -0.15) is 13.2 Å². The molecule has 180 valence electrons. The standard InChI is InChI=1S/C24H24F3N3O4/c25-24(26,27)17-2-1-3-18(13-17)28-6-8-29(9-7-28)23(32)16-12-22(31)30(15-16)19-4-5-20-21(14-19)34-11-10-33-20/h1-5,13-14,16H,6-12,15H2/t16-/m0/s1. The highest BCUT2D eigenvalue weighted by molar-refractivity contribution is 6.00. The van der Waals surface area contributed by atoms with E-state index in [1.165, 1.54) is 6.07 Å². The molecule has 2 aromatic carbocycles. The van der Waals surface area contributed by atoms with Gasteiger partial charge in [-0.25, -0.2) is 0 Å². The minimum absolute atomic E-state index is 0.0999. The van der Waals surface area contributed by atoms with E-state index in [4.69, 9.17) is 9.47 Å². The molecule has 2 amide bonds. The van der Waals surface area contributed by atoms with Gasteiger partial charge in [0.2, 0.25) is 11.8 Å². The van der Waals surface area contributed by atoms with E-state index in [1.54, 1.807) is 34.1 Å². The molecule has 3 aliphatic heterocycles. The molecule has 0 saturated carbocycles. The zero-order chi connectivity index (χ0) is 23.9. The number of amides is 2. The first kappa shape index (κ1) is 22.4. The molecule has 0 unspecified atom stereocenters. The summed E-state index contributed by atoms with van der Waals surface area (Å²) in [6, 6.07) is 10.5. The molecule has 10 heteroatoms. The second-order valence-electron chi connectivity index (χ2n) is 8.59. The summed E-state index contributed by atoms with van der Waals surface area (Å²) in [5.74, 6) is 0.528. The Hall–Kier alpha value is -3.43. The number of alkyl halides is 3. The maximum absolute atomic E-state index is 13.1. The van der Waals surface area contributed by atoms with E-state index in [-0.39, 0.29) is 24.8 Å². The second-order valence-corrected chi connectivity index (χ2v) is 8.59. The zero-order valence-corrected chi connectivity index (χ0v) is 18.4. The number of fused-ring (bicyclic) bond motifs is 1. The van der Waals surface area contributed by atoms with Gasteiger partial charge >= 0.3 is 6.18 Å². The first-order valence-electron chi connectivity index (χ1n) is 11.2. The average molecular weight is 475 g/mol. The first-order chi connectivity index (χ1) is 16.3. The van der Waals surface area contributed by atoms with E-state index in [9.17, 15) is 22.8 Å². The summed E-state index contributed by atoms with van der Waals surface area (Å²) in [4.78, 5) is 30.9. The van der Waals surface area contributed by atoms with Crippen LogP contribution in [0, 0.1) is 5.92 Å². The Morgan fingerprint density at radius 3 is 2.38 bits per heavy atom. The molecule has 0 aliphatic carbocycles. The van der Waals surface area contributed by atoms with Crippen LogP contribution in [0.2, 0.25) is 0 Å². The highest BCUT2D eigenvalue weighted by atomic mass is 19.4. The molecule has 5 rings (SSSR count). The van der Waals surface area contributed by atoms with Crippen molar-refractivity contribution >= 4 is 23.2 Å². The predicted molar refractivity (Wildman–Crippen MR) is 118 cm³/mol. The Bertz CT molecular complexity index is 1100. The van der Waals surface area contributed by atoms with Crippen LogP contribution in [0.15, 0.2) is 42.5 Å². The average Bonchev–Trinajstić information content (AvgIpc) is 3.24. The third-order valence-corrected chi connectivity index (χ3v) is 6.44.